The summed E-state index contributed by atoms with van der Waals surface area (Å²) >= 11 is 0. The Labute approximate surface area is 175 Å². The number of fused-ring (bicyclic) bond motifs is 2. The van der Waals surface area contributed by atoms with Gasteiger partial charge in [0.1, 0.15) is 5.82 Å². The van der Waals surface area contributed by atoms with Crippen LogP contribution in [0.15, 0.2) is 36.5 Å². The summed E-state index contributed by atoms with van der Waals surface area (Å²) in [6.45, 7) is 4.57. The molecule has 0 radical (unpaired) electrons. The Morgan fingerprint density at radius 1 is 1.16 bits per heavy atom. The van der Waals surface area contributed by atoms with E-state index in [1.165, 1.54) is 26.1 Å². The fourth-order valence-electron chi connectivity index (χ4n) is 4.54. The molecule has 9 heteroatoms. The van der Waals surface area contributed by atoms with Gasteiger partial charge in [0.05, 0.1) is 11.6 Å². The number of anilines is 1. The Hall–Kier alpha value is -2.94. The number of nitrogens with zero attached hydrogens (tertiary/aromatic N) is 2. The predicted molar refractivity (Wildman–Crippen MR) is 107 cm³/mol. The SMILES string of the molecule is Cc1ncc2c(NC3c4ccc(F)c(O)c4C(C)(C)CC3(O)C(F)(F)F)cccc2n1. The topological polar surface area (TPSA) is 78.3 Å². The third kappa shape index (κ3) is 3.27. The summed E-state index contributed by atoms with van der Waals surface area (Å²) in [7, 11) is 0. The number of halogens is 4. The number of aromatic nitrogens is 2. The molecule has 0 amide bonds. The smallest absolute Gasteiger partial charge is 0.419 e. The normalized spacial score (nSPS) is 22.9. The molecule has 3 N–H and O–H groups in total. The molecule has 2 unspecified atom stereocenters. The summed E-state index contributed by atoms with van der Waals surface area (Å²) in [6, 6.07) is 5.25. The van der Waals surface area contributed by atoms with Crippen LogP contribution in [0.1, 0.15) is 43.3 Å². The van der Waals surface area contributed by atoms with Crippen LogP contribution in [0.25, 0.3) is 10.9 Å². The Morgan fingerprint density at radius 2 is 1.87 bits per heavy atom. The van der Waals surface area contributed by atoms with Crippen LogP contribution in [0.4, 0.5) is 23.2 Å². The van der Waals surface area contributed by atoms with Gasteiger partial charge in [0.2, 0.25) is 0 Å². The number of aliphatic hydroxyl groups is 1. The van der Waals surface area contributed by atoms with Crippen LogP contribution >= 0.6 is 0 Å². The fourth-order valence-corrected chi connectivity index (χ4v) is 4.54. The average molecular weight is 435 g/mol. The quantitative estimate of drug-likeness (QED) is 0.499. The number of rotatable bonds is 2. The summed E-state index contributed by atoms with van der Waals surface area (Å²) < 4.78 is 56.7. The fraction of sp³-hybridized carbons (Fsp3) is 0.364. The molecular formula is C22H21F4N3O2. The minimum Gasteiger partial charge on any atom is -0.505 e. The molecule has 1 heterocycles. The lowest BCUT2D eigenvalue weighted by atomic mass is 9.63. The Kier molecular flexibility index (Phi) is 4.66. The van der Waals surface area contributed by atoms with Gasteiger partial charge in [0.15, 0.2) is 17.2 Å². The summed E-state index contributed by atoms with van der Waals surface area (Å²) in [5.74, 6) is -1.14. The number of phenols is 1. The number of aryl methyl sites for hydroxylation is 1. The largest absolute Gasteiger partial charge is 0.505 e. The first-order chi connectivity index (χ1) is 14.3. The monoisotopic (exact) mass is 435 g/mol. The van der Waals surface area contributed by atoms with Gasteiger partial charge in [-0.2, -0.15) is 13.2 Å². The lowest BCUT2D eigenvalue weighted by Gasteiger charge is -2.49. The average Bonchev–Trinajstić information content (AvgIpc) is 2.65. The van der Waals surface area contributed by atoms with Crippen molar-refractivity contribution in [2.75, 3.05) is 5.32 Å². The van der Waals surface area contributed by atoms with E-state index in [0.29, 0.717) is 16.7 Å². The second-order valence-electron chi connectivity index (χ2n) is 8.58. The van der Waals surface area contributed by atoms with E-state index in [9.17, 15) is 27.8 Å². The Balaban J connectivity index is 1.95. The zero-order valence-corrected chi connectivity index (χ0v) is 17.0. The van der Waals surface area contributed by atoms with Gasteiger partial charge in [-0.3, -0.25) is 0 Å². The van der Waals surface area contributed by atoms with E-state index >= 15 is 0 Å². The maximum Gasteiger partial charge on any atom is 0.419 e. The van der Waals surface area contributed by atoms with Gasteiger partial charge in [0, 0.05) is 22.8 Å². The number of phenolic OH excluding ortho intramolecular Hbond substituents is 1. The molecule has 1 aromatic heterocycles. The van der Waals surface area contributed by atoms with Gasteiger partial charge >= 0.3 is 6.18 Å². The van der Waals surface area contributed by atoms with Crippen LogP contribution < -0.4 is 5.32 Å². The van der Waals surface area contributed by atoms with E-state index in [2.05, 4.69) is 15.3 Å². The zero-order chi connectivity index (χ0) is 22.8. The molecule has 0 aliphatic heterocycles. The van der Waals surface area contributed by atoms with Gasteiger partial charge in [0.25, 0.3) is 0 Å². The standard InChI is InChI=1S/C22H21F4N3O2/c1-11-27-9-13-15(28-11)5-4-6-16(13)29-19-12-7-8-14(23)18(30)17(12)20(2,3)10-21(19,31)22(24,25)26/h4-9,19,29-31H,10H2,1-3H3. The van der Waals surface area contributed by atoms with Crippen molar-refractivity contribution in [1.29, 1.82) is 0 Å². The molecule has 5 nitrogen and oxygen atoms in total. The lowest BCUT2D eigenvalue weighted by molar-refractivity contribution is -0.276. The number of hydrogen-bond donors (Lipinski definition) is 3. The molecule has 2 atom stereocenters. The molecular weight excluding hydrogens is 414 g/mol. The molecule has 1 aliphatic carbocycles. The first kappa shape index (κ1) is 21.3. The summed E-state index contributed by atoms with van der Waals surface area (Å²) in [6.07, 6.45) is -4.28. The van der Waals surface area contributed by atoms with E-state index in [1.807, 2.05) is 0 Å². The van der Waals surface area contributed by atoms with Crippen LogP contribution in [0.5, 0.6) is 5.75 Å². The maximum atomic E-state index is 14.2. The van der Waals surface area contributed by atoms with Gasteiger partial charge in [-0.1, -0.05) is 26.0 Å². The number of aromatic hydroxyl groups is 1. The van der Waals surface area contributed by atoms with Crippen LogP contribution in [0.2, 0.25) is 0 Å². The molecule has 0 saturated carbocycles. The molecule has 4 rings (SSSR count). The first-order valence-corrected chi connectivity index (χ1v) is 9.65. The van der Waals surface area contributed by atoms with Crippen molar-refractivity contribution in [3.05, 3.63) is 59.3 Å². The first-order valence-electron chi connectivity index (χ1n) is 9.65. The van der Waals surface area contributed by atoms with Crippen LogP contribution in [-0.2, 0) is 5.41 Å². The summed E-state index contributed by atoms with van der Waals surface area (Å²) in [4.78, 5) is 8.40. The minimum atomic E-state index is -5.00. The van der Waals surface area contributed by atoms with E-state index in [1.54, 1.807) is 25.1 Å². The number of alkyl halides is 3. The number of benzene rings is 2. The van der Waals surface area contributed by atoms with Crippen molar-refractivity contribution >= 4 is 16.6 Å². The minimum absolute atomic E-state index is 0.0278. The third-order valence-corrected chi connectivity index (χ3v) is 5.87. The van der Waals surface area contributed by atoms with Gasteiger partial charge in [-0.05, 0) is 42.5 Å². The van der Waals surface area contributed by atoms with Crippen molar-refractivity contribution in [3.63, 3.8) is 0 Å². The predicted octanol–water partition coefficient (Wildman–Crippen LogP) is 4.91. The van der Waals surface area contributed by atoms with Gasteiger partial charge in [-0.25, -0.2) is 14.4 Å². The highest BCUT2D eigenvalue weighted by atomic mass is 19.4. The van der Waals surface area contributed by atoms with E-state index in [4.69, 9.17) is 0 Å². The van der Waals surface area contributed by atoms with E-state index in [0.717, 1.165) is 6.07 Å². The maximum absolute atomic E-state index is 14.2. The second kappa shape index (κ2) is 6.78. The van der Waals surface area contributed by atoms with Crippen molar-refractivity contribution in [1.82, 2.24) is 9.97 Å². The van der Waals surface area contributed by atoms with Crippen LogP contribution in [-0.4, -0.2) is 32.0 Å². The molecule has 2 aromatic carbocycles. The van der Waals surface area contributed by atoms with Crippen LogP contribution in [0.3, 0.4) is 0 Å². The van der Waals surface area contributed by atoms with Crippen LogP contribution in [0, 0.1) is 12.7 Å². The zero-order valence-electron chi connectivity index (χ0n) is 17.0. The third-order valence-electron chi connectivity index (χ3n) is 5.87. The summed E-state index contributed by atoms with van der Waals surface area (Å²) in [5.41, 5.74) is -3.72. The van der Waals surface area contributed by atoms with Gasteiger partial charge in [-0.15, -0.1) is 0 Å². The van der Waals surface area contributed by atoms with Crippen molar-refractivity contribution < 1.29 is 27.8 Å². The highest BCUT2D eigenvalue weighted by Crippen LogP contribution is 2.56. The summed E-state index contributed by atoms with van der Waals surface area (Å²) in [5, 5.41) is 24.6. The molecule has 1 aliphatic rings. The van der Waals surface area contributed by atoms with Crippen molar-refractivity contribution in [2.45, 2.75) is 50.4 Å². The molecule has 0 saturated heterocycles. The molecule has 0 spiro atoms. The molecule has 3 aromatic rings. The van der Waals surface area contributed by atoms with Gasteiger partial charge < -0.3 is 15.5 Å². The highest BCUT2D eigenvalue weighted by molar-refractivity contribution is 5.91. The highest BCUT2D eigenvalue weighted by Gasteiger charge is 2.64. The second-order valence-corrected chi connectivity index (χ2v) is 8.58. The molecule has 0 fully saturated rings. The lowest BCUT2D eigenvalue weighted by Crippen LogP contribution is -2.58. The Morgan fingerprint density at radius 3 is 2.55 bits per heavy atom. The van der Waals surface area contributed by atoms with E-state index in [-0.39, 0.29) is 16.8 Å². The Bertz CT molecular complexity index is 1180. The van der Waals surface area contributed by atoms with Crippen molar-refractivity contribution in [3.8, 4) is 5.75 Å². The van der Waals surface area contributed by atoms with E-state index < -0.39 is 41.2 Å². The number of hydrogen-bond acceptors (Lipinski definition) is 5. The molecule has 164 valence electrons. The molecule has 0 bridgehead atoms. The number of nitrogens with one attached hydrogen (secondary N) is 1. The molecule has 31 heavy (non-hydrogen) atoms. The van der Waals surface area contributed by atoms with Crippen molar-refractivity contribution in [2.24, 2.45) is 0 Å².